The molecule has 6 heteroatoms. The highest BCUT2D eigenvalue weighted by Gasteiger charge is 2.25. The molecule has 0 aromatic carbocycles. The van der Waals surface area contributed by atoms with Gasteiger partial charge >= 0.3 is 5.97 Å². The zero-order valence-corrected chi connectivity index (χ0v) is 14.7. The number of aliphatic imine (C=N–C) groups is 1. The topological polar surface area (TPSA) is 38.7 Å². The molecule has 2 heterocycles. The van der Waals surface area contributed by atoms with Crippen LogP contribution in [-0.4, -0.2) is 19.3 Å². The number of aryl methyl sites for hydroxylation is 1. The standard InChI is InChI=1S/C15H14BrNO2S2/c1-19-15(18)13-10-4-2-3-5-11(10)21-14(13)17-8-9-6-7-12(16)20-9/h6-8H,2-5H2,1H3. The van der Waals surface area contributed by atoms with Crippen LogP contribution >= 0.6 is 38.6 Å². The SMILES string of the molecule is COC(=O)c1c(N=Cc2ccc(Br)s2)sc2c1CCCC2. The van der Waals surface area contributed by atoms with E-state index in [1.54, 1.807) is 22.7 Å². The van der Waals surface area contributed by atoms with Crippen molar-refractivity contribution >= 4 is 55.8 Å². The van der Waals surface area contributed by atoms with Crippen molar-refractivity contribution in [3.63, 3.8) is 0 Å². The van der Waals surface area contributed by atoms with E-state index in [2.05, 4.69) is 20.9 Å². The first-order chi connectivity index (χ1) is 10.2. The zero-order valence-electron chi connectivity index (χ0n) is 11.5. The van der Waals surface area contributed by atoms with E-state index in [0.29, 0.717) is 5.56 Å². The van der Waals surface area contributed by atoms with Crippen LogP contribution in [0.15, 0.2) is 20.9 Å². The third-order valence-corrected chi connectivity index (χ3v) is 6.20. The molecular formula is C15H14BrNO2S2. The van der Waals surface area contributed by atoms with E-state index in [-0.39, 0.29) is 5.97 Å². The average molecular weight is 384 g/mol. The Morgan fingerprint density at radius 2 is 2.14 bits per heavy atom. The summed E-state index contributed by atoms with van der Waals surface area (Å²) in [6, 6.07) is 4.00. The van der Waals surface area contributed by atoms with Crippen molar-refractivity contribution in [3.05, 3.63) is 36.8 Å². The summed E-state index contributed by atoms with van der Waals surface area (Å²) in [5.41, 5.74) is 1.82. The van der Waals surface area contributed by atoms with Crippen LogP contribution in [0.2, 0.25) is 0 Å². The molecule has 21 heavy (non-hydrogen) atoms. The Hall–Kier alpha value is -0.980. The Morgan fingerprint density at radius 1 is 1.33 bits per heavy atom. The van der Waals surface area contributed by atoms with Gasteiger partial charge in [0.25, 0.3) is 0 Å². The van der Waals surface area contributed by atoms with Crippen molar-refractivity contribution in [2.24, 2.45) is 4.99 Å². The van der Waals surface area contributed by atoms with Gasteiger partial charge in [-0.3, -0.25) is 0 Å². The number of methoxy groups -OCH3 is 1. The Balaban J connectivity index is 1.99. The largest absolute Gasteiger partial charge is 0.465 e. The van der Waals surface area contributed by atoms with Gasteiger partial charge in [0.1, 0.15) is 5.00 Å². The van der Waals surface area contributed by atoms with E-state index in [1.807, 2.05) is 18.3 Å². The summed E-state index contributed by atoms with van der Waals surface area (Å²) in [5, 5.41) is 0.776. The van der Waals surface area contributed by atoms with Crippen LogP contribution in [0.25, 0.3) is 0 Å². The summed E-state index contributed by atoms with van der Waals surface area (Å²) < 4.78 is 6.02. The van der Waals surface area contributed by atoms with Crippen molar-refractivity contribution in [2.75, 3.05) is 7.11 Å². The van der Waals surface area contributed by atoms with Gasteiger partial charge in [-0.15, -0.1) is 22.7 Å². The van der Waals surface area contributed by atoms with Crippen LogP contribution in [0.5, 0.6) is 0 Å². The molecule has 0 bridgehead atoms. The minimum atomic E-state index is -0.270. The second-order valence-electron chi connectivity index (χ2n) is 4.78. The molecule has 3 rings (SSSR count). The van der Waals surface area contributed by atoms with E-state index in [0.717, 1.165) is 38.5 Å². The number of nitrogens with zero attached hydrogens (tertiary/aromatic N) is 1. The molecule has 0 radical (unpaired) electrons. The van der Waals surface area contributed by atoms with Gasteiger partial charge in [-0.1, -0.05) is 0 Å². The molecule has 0 saturated heterocycles. The van der Waals surface area contributed by atoms with Crippen LogP contribution in [0.1, 0.15) is 38.5 Å². The average Bonchev–Trinajstić information content (AvgIpc) is 3.07. The molecule has 0 unspecified atom stereocenters. The molecule has 0 fully saturated rings. The second kappa shape index (κ2) is 6.42. The second-order valence-corrected chi connectivity index (χ2v) is 8.36. The summed E-state index contributed by atoms with van der Waals surface area (Å²) in [6.45, 7) is 0. The fourth-order valence-electron chi connectivity index (χ4n) is 2.47. The highest BCUT2D eigenvalue weighted by Crippen LogP contribution is 2.40. The summed E-state index contributed by atoms with van der Waals surface area (Å²) in [6.07, 6.45) is 6.14. The van der Waals surface area contributed by atoms with Gasteiger partial charge in [-0.25, -0.2) is 9.79 Å². The lowest BCUT2D eigenvalue weighted by molar-refractivity contribution is 0.0601. The van der Waals surface area contributed by atoms with Crippen LogP contribution in [-0.2, 0) is 17.6 Å². The van der Waals surface area contributed by atoms with Gasteiger partial charge in [0.05, 0.1) is 16.5 Å². The fourth-order valence-corrected chi connectivity index (χ4v) is 4.99. The molecule has 0 atom stereocenters. The summed E-state index contributed by atoms with van der Waals surface area (Å²) in [4.78, 5) is 19.0. The van der Waals surface area contributed by atoms with Gasteiger partial charge in [-0.05, 0) is 59.3 Å². The Labute approximate surface area is 139 Å². The number of esters is 1. The monoisotopic (exact) mass is 383 g/mol. The third-order valence-electron chi connectivity index (χ3n) is 3.45. The molecule has 1 aliphatic rings. The van der Waals surface area contributed by atoms with E-state index in [1.165, 1.54) is 18.4 Å². The van der Waals surface area contributed by atoms with E-state index in [9.17, 15) is 4.79 Å². The minimum absolute atomic E-state index is 0.270. The number of ether oxygens (including phenoxy) is 1. The van der Waals surface area contributed by atoms with Crippen LogP contribution in [0.3, 0.4) is 0 Å². The van der Waals surface area contributed by atoms with Crippen LogP contribution in [0.4, 0.5) is 5.00 Å². The molecule has 0 saturated carbocycles. The lowest BCUT2D eigenvalue weighted by Gasteiger charge is -2.11. The molecule has 3 nitrogen and oxygen atoms in total. The molecule has 2 aromatic rings. The number of fused-ring (bicyclic) bond motifs is 1. The first-order valence-electron chi connectivity index (χ1n) is 6.71. The molecular weight excluding hydrogens is 370 g/mol. The number of carbonyl (C=O) groups is 1. The number of thiophene rings is 2. The van der Waals surface area contributed by atoms with E-state index < -0.39 is 0 Å². The van der Waals surface area contributed by atoms with Gasteiger partial charge in [0, 0.05) is 16.0 Å². The Morgan fingerprint density at radius 3 is 2.86 bits per heavy atom. The first-order valence-corrected chi connectivity index (χ1v) is 9.14. The van der Waals surface area contributed by atoms with Gasteiger partial charge in [0.2, 0.25) is 0 Å². The highest BCUT2D eigenvalue weighted by atomic mass is 79.9. The molecule has 0 amide bonds. The predicted octanol–water partition coefficient (Wildman–Crippen LogP) is 4.99. The summed E-state index contributed by atoms with van der Waals surface area (Å²) in [7, 11) is 1.43. The normalized spacial score (nSPS) is 14.4. The number of rotatable bonds is 3. The van der Waals surface area contributed by atoms with Crippen molar-refractivity contribution in [1.29, 1.82) is 0 Å². The molecule has 0 aliphatic heterocycles. The Bertz CT molecular complexity index is 703. The van der Waals surface area contributed by atoms with Gasteiger partial charge in [-0.2, -0.15) is 0 Å². The van der Waals surface area contributed by atoms with Crippen molar-refractivity contribution in [1.82, 2.24) is 0 Å². The van der Waals surface area contributed by atoms with Crippen LogP contribution in [0, 0.1) is 0 Å². The molecule has 1 aliphatic carbocycles. The molecule has 110 valence electrons. The number of hydrogen-bond acceptors (Lipinski definition) is 5. The first kappa shape index (κ1) is 14.9. The lowest BCUT2D eigenvalue weighted by Crippen LogP contribution is -2.07. The molecule has 2 aromatic heterocycles. The minimum Gasteiger partial charge on any atom is -0.465 e. The maximum Gasteiger partial charge on any atom is 0.341 e. The maximum absolute atomic E-state index is 12.1. The number of hydrogen-bond donors (Lipinski definition) is 0. The number of halogens is 1. The van der Waals surface area contributed by atoms with Crippen molar-refractivity contribution in [3.8, 4) is 0 Å². The summed E-state index contributed by atoms with van der Waals surface area (Å²) in [5.74, 6) is -0.270. The maximum atomic E-state index is 12.1. The van der Waals surface area contributed by atoms with Crippen molar-refractivity contribution in [2.45, 2.75) is 25.7 Å². The van der Waals surface area contributed by atoms with E-state index in [4.69, 9.17) is 4.74 Å². The molecule has 0 N–H and O–H groups in total. The quantitative estimate of drug-likeness (QED) is 0.553. The predicted molar refractivity (Wildman–Crippen MR) is 91.6 cm³/mol. The number of carbonyl (C=O) groups excluding carboxylic acids is 1. The fraction of sp³-hybridized carbons (Fsp3) is 0.333. The van der Waals surface area contributed by atoms with Crippen molar-refractivity contribution < 1.29 is 9.53 Å². The van der Waals surface area contributed by atoms with Gasteiger partial charge in [0.15, 0.2) is 0 Å². The molecule has 0 spiro atoms. The smallest absolute Gasteiger partial charge is 0.341 e. The summed E-state index contributed by atoms with van der Waals surface area (Å²) >= 11 is 6.68. The zero-order chi connectivity index (χ0) is 14.8. The van der Waals surface area contributed by atoms with Crippen LogP contribution < -0.4 is 0 Å². The highest BCUT2D eigenvalue weighted by molar-refractivity contribution is 9.11. The third kappa shape index (κ3) is 3.12. The Kier molecular flexibility index (Phi) is 4.57. The van der Waals surface area contributed by atoms with Gasteiger partial charge < -0.3 is 4.74 Å². The lowest BCUT2D eigenvalue weighted by atomic mass is 9.95. The van der Waals surface area contributed by atoms with E-state index >= 15 is 0 Å².